The Labute approximate surface area is 149 Å². The van der Waals surface area contributed by atoms with Crippen molar-refractivity contribution >= 4 is 11.8 Å². The quantitative estimate of drug-likeness (QED) is 0.883. The number of hydrogen-bond donors (Lipinski definition) is 2. The van der Waals surface area contributed by atoms with Crippen molar-refractivity contribution in [1.29, 1.82) is 0 Å². The van der Waals surface area contributed by atoms with Crippen LogP contribution >= 0.6 is 0 Å². The summed E-state index contributed by atoms with van der Waals surface area (Å²) in [4.78, 5) is 29.9. The van der Waals surface area contributed by atoms with E-state index in [4.69, 9.17) is 0 Å². The Bertz CT molecular complexity index is 651. The van der Waals surface area contributed by atoms with Crippen molar-refractivity contribution in [3.05, 3.63) is 17.2 Å². The summed E-state index contributed by atoms with van der Waals surface area (Å²) >= 11 is 0. The molecule has 0 spiro atoms. The Morgan fingerprint density at radius 1 is 1.04 bits per heavy atom. The number of carbonyl (C=O) groups excluding carboxylic acids is 2. The van der Waals surface area contributed by atoms with Crippen LogP contribution in [0.5, 0.6) is 0 Å². The smallest absolute Gasteiger partial charge is 0.287 e. The van der Waals surface area contributed by atoms with Crippen molar-refractivity contribution in [2.45, 2.75) is 90.3 Å². The van der Waals surface area contributed by atoms with Gasteiger partial charge in [-0.05, 0) is 52.9 Å². The monoisotopic (exact) mass is 346 g/mol. The summed E-state index contributed by atoms with van der Waals surface area (Å²) in [5.41, 5.74) is 0.998. The minimum absolute atomic E-state index is 0.134. The Kier molecular flexibility index (Phi) is 5.16. The lowest BCUT2D eigenvalue weighted by Gasteiger charge is -2.23. The molecule has 25 heavy (non-hydrogen) atoms. The predicted molar refractivity (Wildman–Crippen MR) is 96.7 cm³/mol. The fraction of sp³-hybridized carbons (Fsp3) is 0.737. The maximum Gasteiger partial charge on any atom is 0.287 e. The third-order valence-corrected chi connectivity index (χ3v) is 4.96. The fourth-order valence-corrected chi connectivity index (χ4v) is 3.79. The molecule has 6 nitrogen and oxygen atoms in total. The van der Waals surface area contributed by atoms with E-state index in [-0.39, 0.29) is 23.4 Å². The molecule has 3 rings (SSSR count). The summed E-state index contributed by atoms with van der Waals surface area (Å²) < 4.78 is 1.96. The van der Waals surface area contributed by atoms with Gasteiger partial charge in [-0.25, -0.2) is 4.98 Å². The zero-order valence-electron chi connectivity index (χ0n) is 15.7. The molecule has 0 aromatic carbocycles. The lowest BCUT2D eigenvalue weighted by atomic mass is 9.95. The van der Waals surface area contributed by atoms with Crippen molar-refractivity contribution in [2.75, 3.05) is 0 Å². The van der Waals surface area contributed by atoms with Crippen LogP contribution in [0.1, 0.15) is 92.5 Å². The van der Waals surface area contributed by atoms with Gasteiger partial charge in [-0.15, -0.1) is 0 Å². The minimum Gasteiger partial charge on any atom is -0.347 e. The summed E-state index contributed by atoms with van der Waals surface area (Å²) in [6, 6.07) is 0.240. The topological polar surface area (TPSA) is 76.0 Å². The van der Waals surface area contributed by atoms with Crippen LogP contribution < -0.4 is 10.6 Å². The predicted octanol–water partition coefficient (Wildman–Crippen LogP) is 2.81. The Morgan fingerprint density at radius 2 is 1.76 bits per heavy atom. The normalized spacial score (nSPS) is 18.5. The van der Waals surface area contributed by atoms with Gasteiger partial charge in [0.15, 0.2) is 5.82 Å². The second-order valence-corrected chi connectivity index (χ2v) is 8.35. The number of fused-ring (bicyclic) bond motifs is 1. The molecule has 1 aromatic rings. The molecule has 138 valence electrons. The van der Waals surface area contributed by atoms with Crippen molar-refractivity contribution in [3.8, 4) is 0 Å². The fourth-order valence-electron chi connectivity index (χ4n) is 3.79. The lowest BCUT2D eigenvalue weighted by Crippen LogP contribution is -2.41. The molecule has 0 radical (unpaired) electrons. The number of nitrogens with one attached hydrogen (secondary N) is 2. The molecule has 0 unspecified atom stereocenters. The summed E-state index contributed by atoms with van der Waals surface area (Å²) in [6.07, 6.45) is 8.53. The zero-order chi connectivity index (χ0) is 18.0. The number of hydrogen-bond acceptors (Lipinski definition) is 3. The highest BCUT2D eigenvalue weighted by Gasteiger charge is 2.29. The van der Waals surface area contributed by atoms with Gasteiger partial charge in [0.05, 0.1) is 5.69 Å². The van der Waals surface area contributed by atoms with E-state index in [9.17, 15) is 9.59 Å². The van der Waals surface area contributed by atoms with Crippen LogP contribution in [-0.2, 0) is 13.0 Å². The molecule has 0 saturated heterocycles. The molecule has 1 aliphatic carbocycles. The maximum atomic E-state index is 12.8. The number of amides is 2. The standard InChI is InChI=1S/C19H30N4O2/c1-19(2,3)22-17(24)15-14-11-7-8-12-23(14)16(21-15)18(25)20-13-9-5-4-6-10-13/h13H,4-12H2,1-3H3,(H,20,25)(H,22,24). The van der Waals surface area contributed by atoms with E-state index in [1.807, 2.05) is 25.3 Å². The van der Waals surface area contributed by atoms with Crippen LogP contribution in [0.25, 0.3) is 0 Å². The summed E-state index contributed by atoms with van der Waals surface area (Å²) in [6.45, 7) is 6.61. The molecule has 2 aliphatic rings. The third-order valence-electron chi connectivity index (χ3n) is 4.96. The third kappa shape index (κ3) is 4.22. The van der Waals surface area contributed by atoms with Gasteiger partial charge in [0.2, 0.25) is 0 Å². The van der Waals surface area contributed by atoms with E-state index in [0.29, 0.717) is 11.5 Å². The second-order valence-electron chi connectivity index (χ2n) is 8.35. The average molecular weight is 346 g/mol. The highest BCUT2D eigenvalue weighted by atomic mass is 16.2. The molecule has 6 heteroatoms. The molecule has 1 saturated carbocycles. The van der Waals surface area contributed by atoms with Gasteiger partial charge >= 0.3 is 0 Å². The van der Waals surface area contributed by atoms with E-state index in [0.717, 1.165) is 44.3 Å². The minimum atomic E-state index is -0.327. The van der Waals surface area contributed by atoms with E-state index in [1.165, 1.54) is 19.3 Å². The SMILES string of the molecule is CC(C)(C)NC(=O)c1nc(C(=O)NC2CCCCC2)n2c1CCCC2. The first kappa shape index (κ1) is 18.0. The molecular formula is C19H30N4O2. The van der Waals surface area contributed by atoms with Gasteiger partial charge in [0.1, 0.15) is 5.69 Å². The van der Waals surface area contributed by atoms with Crippen LogP contribution in [0.15, 0.2) is 0 Å². The molecule has 2 heterocycles. The second kappa shape index (κ2) is 7.18. The van der Waals surface area contributed by atoms with Crippen molar-refractivity contribution in [2.24, 2.45) is 0 Å². The Morgan fingerprint density at radius 3 is 2.44 bits per heavy atom. The number of nitrogens with zero attached hydrogens (tertiary/aromatic N) is 2. The number of imidazole rings is 1. The molecule has 0 atom stereocenters. The van der Waals surface area contributed by atoms with Gasteiger partial charge in [-0.2, -0.15) is 0 Å². The van der Waals surface area contributed by atoms with Crippen molar-refractivity contribution in [1.82, 2.24) is 20.2 Å². The van der Waals surface area contributed by atoms with Crippen molar-refractivity contribution < 1.29 is 9.59 Å². The van der Waals surface area contributed by atoms with E-state index in [2.05, 4.69) is 15.6 Å². The first-order chi connectivity index (χ1) is 11.8. The van der Waals surface area contributed by atoms with Crippen LogP contribution in [-0.4, -0.2) is 32.9 Å². The lowest BCUT2D eigenvalue weighted by molar-refractivity contribution is 0.0910. The highest BCUT2D eigenvalue weighted by Crippen LogP contribution is 2.23. The molecule has 2 amide bonds. The Hall–Kier alpha value is -1.85. The van der Waals surface area contributed by atoms with Gasteiger partial charge in [-0.1, -0.05) is 19.3 Å². The summed E-state index contributed by atoms with van der Waals surface area (Å²) in [5.74, 6) is 0.0825. The van der Waals surface area contributed by atoms with Crippen LogP contribution in [0.2, 0.25) is 0 Å². The number of aromatic nitrogens is 2. The van der Waals surface area contributed by atoms with E-state index < -0.39 is 0 Å². The van der Waals surface area contributed by atoms with E-state index in [1.54, 1.807) is 0 Å². The molecule has 1 aliphatic heterocycles. The molecular weight excluding hydrogens is 316 g/mol. The number of rotatable bonds is 3. The number of carbonyl (C=O) groups is 2. The van der Waals surface area contributed by atoms with Crippen LogP contribution in [0, 0.1) is 0 Å². The van der Waals surface area contributed by atoms with Crippen LogP contribution in [0.4, 0.5) is 0 Å². The molecule has 0 bridgehead atoms. The highest BCUT2D eigenvalue weighted by molar-refractivity contribution is 5.97. The average Bonchev–Trinajstić information content (AvgIpc) is 2.94. The summed E-state index contributed by atoms with van der Waals surface area (Å²) in [5, 5.41) is 6.10. The maximum absolute atomic E-state index is 12.8. The zero-order valence-corrected chi connectivity index (χ0v) is 15.7. The molecule has 1 aromatic heterocycles. The molecule has 2 N–H and O–H groups in total. The Balaban J connectivity index is 1.84. The van der Waals surface area contributed by atoms with Gasteiger partial charge in [0.25, 0.3) is 11.8 Å². The van der Waals surface area contributed by atoms with Crippen molar-refractivity contribution in [3.63, 3.8) is 0 Å². The van der Waals surface area contributed by atoms with Gasteiger partial charge < -0.3 is 15.2 Å². The summed E-state index contributed by atoms with van der Waals surface area (Å²) in [7, 11) is 0. The first-order valence-electron chi connectivity index (χ1n) is 9.58. The van der Waals surface area contributed by atoms with Gasteiger partial charge in [-0.3, -0.25) is 9.59 Å². The molecule has 1 fully saturated rings. The van der Waals surface area contributed by atoms with Gasteiger partial charge in [0, 0.05) is 18.1 Å². The van der Waals surface area contributed by atoms with Crippen LogP contribution in [0.3, 0.4) is 0 Å². The first-order valence-corrected chi connectivity index (χ1v) is 9.58. The van der Waals surface area contributed by atoms with E-state index >= 15 is 0 Å². The largest absolute Gasteiger partial charge is 0.347 e.